The molecule has 1 heterocycles. The van der Waals surface area contributed by atoms with Crippen LogP contribution in [-0.2, 0) is 4.79 Å². The van der Waals surface area contributed by atoms with Crippen molar-refractivity contribution in [1.29, 1.82) is 0 Å². The Kier molecular flexibility index (Phi) is 2.52. The van der Waals surface area contributed by atoms with Gasteiger partial charge in [0.15, 0.2) is 5.58 Å². The number of benzene rings is 1. The minimum Gasteiger partial charge on any atom is -0.480 e. The Bertz CT molecular complexity index is 488. The van der Waals surface area contributed by atoms with Crippen molar-refractivity contribution in [2.75, 3.05) is 11.9 Å². The first kappa shape index (κ1) is 10.5. The molecule has 0 saturated heterocycles. The number of carboxylic acids is 1. The summed E-state index contributed by atoms with van der Waals surface area (Å²) in [5.41, 5.74) is 1.38. The number of carbonyl (C=O) groups is 1. The van der Waals surface area contributed by atoms with Crippen molar-refractivity contribution in [3.05, 3.63) is 24.3 Å². The number of oxazole rings is 1. The Morgan fingerprint density at radius 1 is 1.50 bits per heavy atom. The van der Waals surface area contributed by atoms with Crippen molar-refractivity contribution < 1.29 is 14.3 Å². The SMILES string of the molecule is C[C@@H](C(=O)O)N(C)c1nc2ccccc2o1. The van der Waals surface area contributed by atoms with Crippen LogP contribution in [0.5, 0.6) is 0 Å². The van der Waals surface area contributed by atoms with Crippen LogP contribution in [0.25, 0.3) is 11.1 Å². The van der Waals surface area contributed by atoms with Gasteiger partial charge in [-0.15, -0.1) is 0 Å². The van der Waals surface area contributed by atoms with E-state index in [0.717, 1.165) is 5.52 Å². The lowest BCUT2D eigenvalue weighted by atomic mass is 10.3. The van der Waals surface area contributed by atoms with E-state index in [1.807, 2.05) is 18.2 Å². The Labute approximate surface area is 92.3 Å². The lowest BCUT2D eigenvalue weighted by Gasteiger charge is -2.18. The van der Waals surface area contributed by atoms with E-state index in [2.05, 4.69) is 4.98 Å². The molecule has 1 atom stereocenters. The number of anilines is 1. The number of para-hydroxylation sites is 2. The van der Waals surface area contributed by atoms with Gasteiger partial charge < -0.3 is 14.4 Å². The maximum atomic E-state index is 10.8. The molecule has 0 unspecified atom stereocenters. The van der Waals surface area contributed by atoms with Gasteiger partial charge in [-0.2, -0.15) is 4.98 Å². The van der Waals surface area contributed by atoms with Gasteiger partial charge in [0, 0.05) is 7.05 Å². The number of aliphatic carboxylic acids is 1. The van der Waals surface area contributed by atoms with E-state index in [1.54, 1.807) is 20.0 Å². The van der Waals surface area contributed by atoms with Crippen LogP contribution in [0.4, 0.5) is 6.01 Å². The van der Waals surface area contributed by atoms with Gasteiger partial charge in [-0.05, 0) is 19.1 Å². The summed E-state index contributed by atoms with van der Waals surface area (Å²) in [6.45, 7) is 1.58. The third-order valence-electron chi connectivity index (χ3n) is 2.52. The zero-order valence-corrected chi connectivity index (χ0v) is 9.04. The summed E-state index contributed by atoms with van der Waals surface area (Å²) in [7, 11) is 1.64. The molecule has 0 fully saturated rings. The highest BCUT2D eigenvalue weighted by atomic mass is 16.4. The summed E-state index contributed by atoms with van der Waals surface area (Å²) >= 11 is 0. The van der Waals surface area contributed by atoms with E-state index < -0.39 is 12.0 Å². The molecule has 5 heteroatoms. The molecule has 1 aromatic heterocycles. The monoisotopic (exact) mass is 220 g/mol. The third-order valence-corrected chi connectivity index (χ3v) is 2.52. The number of rotatable bonds is 3. The van der Waals surface area contributed by atoms with E-state index in [4.69, 9.17) is 9.52 Å². The second-order valence-electron chi connectivity index (χ2n) is 3.59. The average molecular weight is 220 g/mol. The van der Waals surface area contributed by atoms with Crippen molar-refractivity contribution in [3.8, 4) is 0 Å². The zero-order valence-electron chi connectivity index (χ0n) is 9.04. The second kappa shape index (κ2) is 3.84. The molecule has 0 spiro atoms. The van der Waals surface area contributed by atoms with Crippen LogP contribution in [0, 0.1) is 0 Å². The number of hydrogen-bond donors (Lipinski definition) is 1. The fraction of sp³-hybridized carbons (Fsp3) is 0.273. The van der Waals surface area contributed by atoms with Gasteiger partial charge >= 0.3 is 5.97 Å². The first-order valence-corrected chi connectivity index (χ1v) is 4.91. The Morgan fingerprint density at radius 3 is 2.81 bits per heavy atom. The first-order valence-electron chi connectivity index (χ1n) is 4.91. The van der Waals surface area contributed by atoms with E-state index in [9.17, 15) is 4.79 Å². The maximum Gasteiger partial charge on any atom is 0.326 e. The van der Waals surface area contributed by atoms with Gasteiger partial charge in [-0.3, -0.25) is 0 Å². The lowest BCUT2D eigenvalue weighted by molar-refractivity contribution is -0.138. The number of likely N-dealkylation sites (N-methyl/N-ethyl adjacent to an activating group) is 1. The van der Waals surface area contributed by atoms with E-state index >= 15 is 0 Å². The van der Waals surface area contributed by atoms with Gasteiger partial charge in [0.2, 0.25) is 0 Å². The largest absolute Gasteiger partial charge is 0.480 e. The molecule has 84 valence electrons. The van der Waals surface area contributed by atoms with Gasteiger partial charge in [-0.1, -0.05) is 12.1 Å². The molecule has 1 N–H and O–H groups in total. The fourth-order valence-corrected chi connectivity index (χ4v) is 1.34. The van der Waals surface area contributed by atoms with Gasteiger partial charge in [0.1, 0.15) is 11.6 Å². The molecule has 0 aliphatic carbocycles. The maximum absolute atomic E-state index is 10.8. The fourth-order valence-electron chi connectivity index (χ4n) is 1.34. The summed E-state index contributed by atoms with van der Waals surface area (Å²) < 4.78 is 5.45. The number of hydrogen-bond acceptors (Lipinski definition) is 4. The number of fused-ring (bicyclic) bond motifs is 1. The zero-order chi connectivity index (χ0) is 11.7. The van der Waals surface area contributed by atoms with Crippen molar-refractivity contribution in [2.24, 2.45) is 0 Å². The summed E-state index contributed by atoms with van der Waals surface area (Å²) in [6, 6.07) is 6.96. The van der Waals surface area contributed by atoms with Gasteiger partial charge in [0.25, 0.3) is 6.01 Å². The standard InChI is InChI=1S/C11H12N2O3/c1-7(10(14)15)13(2)11-12-8-5-3-4-6-9(8)16-11/h3-7H,1-2H3,(H,14,15)/t7-/m0/s1. The minimum absolute atomic E-state index is 0.316. The molecule has 0 bridgehead atoms. The van der Waals surface area contributed by atoms with Crippen LogP contribution in [0.15, 0.2) is 28.7 Å². The molecular weight excluding hydrogens is 208 g/mol. The van der Waals surface area contributed by atoms with Crippen LogP contribution in [0.3, 0.4) is 0 Å². The molecule has 16 heavy (non-hydrogen) atoms. The van der Waals surface area contributed by atoms with Crippen molar-refractivity contribution in [1.82, 2.24) is 4.98 Å². The van der Waals surface area contributed by atoms with E-state index in [0.29, 0.717) is 11.6 Å². The number of aromatic nitrogens is 1. The molecule has 0 amide bonds. The quantitative estimate of drug-likeness (QED) is 0.853. The molecule has 0 saturated carbocycles. The molecule has 5 nitrogen and oxygen atoms in total. The molecule has 2 aromatic rings. The topological polar surface area (TPSA) is 66.6 Å². The van der Waals surface area contributed by atoms with E-state index in [-0.39, 0.29) is 0 Å². The number of carboxylic acid groups (broad SMARTS) is 1. The van der Waals surface area contributed by atoms with Crippen LogP contribution in [0.2, 0.25) is 0 Å². The van der Waals surface area contributed by atoms with Gasteiger partial charge in [0.05, 0.1) is 0 Å². The molecule has 2 rings (SSSR count). The van der Waals surface area contributed by atoms with Crippen molar-refractivity contribution >= 4 is 23.1 Å². The van der Waals surface area contributed by atoms with E-state index in [1.165, 1.54) is 4.90 Å². The predicted molar refractivity (Wildman–Crippen MR) is 59.5 cm³/mol. The Balaban J connectivity index is 2.36. The lowest BCUT2D eigenvalue weighted by Crippen LogP contribution is -2.35. The Morgan fingerprint density at radius 2 is 2.19 bits per heavy atom. The summed E-state index contributed by atoms with van der Waals surface area (Å²) in [4.78, 5) is 16.5. The van der Waals surface area contributed by atoms with Crippen molar-refractivity contribution in [2.45, 2.75) is 13.0 Å². The van der Waals surface area contributed by atoms with Crippen LogP contribution in [-0.4, -0.2) is 29.1 Å². The molecule has 0 radical (unpaired) electrons. The summed E-state index contributed by atoms with van der Waals surface area (Å²) in [5, 5.41) is 8.88. The molecule has 0 aliphatic heterocycles. The minimum atomic E-state index is -0.912. The van der Waals surface area contributed by atoms with Gasteiger partial charge in [-0.25, -0.2) is 4.79 Å². The molecule has 1 aromatic carbocycles. The Hall–Kier alpha value is -2.04. The van der Waals surface area contributed by atoms with Crippen molar-refractivity contribution in [3.63, 3.8) is 0 Å². The van der Waals surface area contributed by atoms with Crippen LogP contribution < -0.4 is 4.90 Å². The normalized spacial score (nSPS) is 12.6. The van der Waals surface area contributed by atoms with Crippen LogP contribution >= 0.6 is 0 Å². The molecule has 0 aliphatic rings. The highest BCUT2D eigenvalue weighted by Gasteiger charge is 2.21. The predicted octanol–water partition coefficient (Wildman–Crippen LogP) is 1.74. The second-order valence-corrected chi connectivity index (χ2v) is 3.59. The highest BCUT2D eigenvalue weighted by Crippen LogP contribution is 2.21. The smallest absolute Gasteiger partial charge is 0.326 e. The first-order chi connectivity index (χ1) is 7.59. The summed E-state index contributed by atoms with van der Waals surface area (Å²) in [5.74, 6) is -0.912. The molecular formula is C11H12N2O3. The third kappa shape index (κ3) is 1.71. The van der Waals surface area contributed by atoms with Crippen LogP contribution in [0.1, 0.15) is 6.92 Å². The average Bonchev–Trinajstić information content (AvgIpc) is 2.70. The highest BCUT2D eigenvalue weighted by molar-refractivity contribution is 5.78. The number of nitrogens with zero attached hydrogens (tertiary/aromatic N) is 2. The summed E-state index contributed by atoms with van der Waals surface area (Å²) in [6.07, 6.45) is 0.